The van der Waals surface area contributed by atoms with Crippen LogP contribution in [0.4, 0.5) is 17.1 Å². The topological polar surface area (TPSA) is 95.2 Å². The summed E-state index contributed by atoms with van der Waals surface area (Å²) in [6, 6.07) is 5.20. The molecule has 0 aromatic heterocycles. The second-order valence-corrected chi connectivity index (χ2v) is 1.95. The molecule has 4 N–H and O–H groups in total. The van der Waals surface area contributed by atoms with Crippen molar-refractivity contribution in [3.8, 4) is 0 Å². The Morgan fingerprint density at radius 3 is 2.64 bits per heavy atom. The van der Waals surface area contributed by atoms with Crippen LogP contribution in [-0.2, 0) is 0 Å². The third-order valence-electron chi connectivity index (χ3n) is 1.23. The van der Waals surface area contributed by atoms with E-state index < -0.39 is 4.92 Å². The maximum atomic E-state index is 10.2. The van der Waals surface area contributed by atoms with E-state index in [0.29, 0.717) is 0 Å². The van der Waals surface area contributed by atoms with E-state index in [2.05, 4.69) is 6.07 Å². The Kier molecular flexibility index (Phi) is 1.63. The Hall–Kier alpha value is -1.78. The smallest absolute Gasteiger partial charge is 0.302 e. The second kappa shape index (κ2) is 2.45. The van der Waals surface area contributed by atoms with Crippen LogP contribution in [0.15, 0.2) is 12.1 Å². The van der Waals surface area contributed by atoms with Crippen molar-refractivity contribution in [3.05, 3.63) is 28.3 Å². The van der Waals surface area contributed by atoms with Gasteiger partial charge in [0.05, 0.1) is 16.7 Å². The minimum Gasteiger partial charge on any atom is -0.397 e. The average Bonchev–Trinajstić information content (AvgIpc) is 1.94. The zero-order valence-electron chi connectivity index (χ0n) is 5.57. The molecule has 0 bridgehead atoms. The molecular weight excluding hydrogens is 146 g/mol. The van der Waals surface area contributed by atoms with Gasteiger partial charge < -0.3 is 11.5 Å². The molecule has 0 spiro atoms. The van der Waals surface area contributed by atoms with Crippen molar-refractivity contribution in [3.63, 3.8) is 0 Å². The third kappa shape index (κ3) is 1.21. The van der Waals surface area contributed by atoms with Crippen molar-refractivity contribution in [2.45, 2.75) is 0 Å². The Bertz CT molecular complexity index is 298. The number of hydrogen-bond donors (Lipinski definition) is 2. The number of nitro groups is 1. The molecule has 1 aromatic carbocycles. The minimum absolute atomic E-state index is 0.0301. The molecular formula is C6H6N3O2. The van der Waals surface area contributed by atoms with Gasteiger partial charge in [-0.1, -0.05) is 0 Å². The van der Waals surface area contributed by atoms with E-state index in [0.717, 1.165) is 0 Å². The molecule has 0 unspecified atom stereocenters. The highest BCUT2D eigenvalue weighted by Gasteiger charge is 2.12. The number of nitrogens with two attached hydrogens (primary N) is 2. The number of anilines is 2. The van der Waals surface area contributed by atoms with Crippen LogP contribution in [0, 0.1) is 16.2 Å². The predicted molar refractivity (Wildman–Crippen MR) is 40.8 cm³/mol. The van der Waals surface area contributed by atoms with Crippen molar-refractivity contribution >= 4 is 17.1 Å². The molecule has 1 radical (unpaired) electrons. The largest absolute Gasteiger partial charge is 0.397 e. The highest BCUT2D eigenvalue weighted by Crippen LogP contribution is 2.25. The van der Waals surface area contributed by atoms with Gasteiger partial charge in [0, 0.05) is 0 Å². The van der Waals surface area contributed by atoms with Gasteiger partial charge in [-0.25, -0.2) is 0 Å². The standard InChI is InChI=1S/C6H6N3O2/c7-4-2-1-3-5(6(4)8)9(10)11/h1-2H,7-8H2. The summed E-state index contributed by atoms with van der Waals surface area (Å²) >= 11 is 0. The van der Waals surface area contributed by atoms with Crippen LogP contribution in [-0.4, -0.2) is 4.92 Å². The molecule has 1 rings (SSSR count). The van der Waals surface area contributed by atoms with Crippen molar-refractivity contribution in [1.29, 1.82) is 0 Å². The van der Waals surface area contributed by atoms with Crippen LogP contribution >= 0.6 is 0 Å². The number of nitrogen functional groups attached to an aromatic ring is 2. The molecule has 0 saturated heterocycles. The molecule has 1 aromatic rings. The summed E-state index contributed by atoms with van der Waals surface area (Å²) in [6.45, 7) is 0. The van der Waals surface area contributed by atoms with Crippen LogP contribution in [0.1, 0.15) is 0 Å². The summed E-state index contributed by atoms with van der Waals surface area (Å²) in [5.74, 6) is 0. The Labute approximate surface area is 62.8 Å². The average molecular weight is 152 g/mol. The number of rotatable bonds is 1. The summed E-state index contributed by atoms with van der Waals surface area (Å²) in [7, 11) is 0. The van der Waals surface area contributed by atoms with Gasteiger partial charge in [0.25, 0.3) is 0 Å². The normalized spacial score (nSPS) is 9.45. The van der Waals surface area contributed by atoms with E-state index in [9.17, 15) is 10.1 Å². The zero-order valence-corrected chi connectivity index (χ0v) is 5.57. The van der Waals surface area contributed by atoms with E-state index in [1.807, 2.05) is 0 Å². The SMILES string of the molecule is Nc1cc[c]c([N+](=O)[O-])c1N. The van der Waals surface area contributed by atoms with Gasteiger partial charge in [0.15, 0.2) is 0 Å². The number of hydrogen-bond acceptors (Lipinski definition) is 4. The van der Waals surface area contributed by atoms with E-state index >= 15 is 0 Å². The molecule has 11 heavy (non-hydrogen) atoms. The monoisotopic (exact) mass is 152 g/mol. The lowest BCUT2D eigenvalue weighted by Gasteiger charge is -1.98. The fourth-order valence-corrected chi connectivity index (χ4v) is 0.666. The summed E-state index contributed by atoms with van der Waals surface area (Å²) in [5.41, 5.74) is 10.5. The Morgan fingerprint density at radius 1 is 1.55 bits per heavy atom. The second-order valence-electron chi connectivity index (χ2n) is 1.95. The van der Waals surface area contributed by atoms with Crippen LogP contribution < -0.4 is 11.5 Å². The third-order valence-corrected chi connectivity index (χ3v) is 1.23. The van der Waals surface area contributed by atoms with Crippen LogP contribution in [0.5, 0.6) is 0 Å². The first kappa shape index (κ1) is 7.33. The van der Waals surface area contributed by atoms with Crippen molar-refractivity contribution in [2.75, 3.05) is 11.5 Å². The fraction of sp³-hybridized carbons (Fsp3) is 0. The molecule has 0 fully saturated rings. The molecule has 0 heterocycles. The first-order valence-electron chi connectivity index (χ1n) is 2.83. The zero-order chi connectivity index (χ0) is 8.43. The quantitative estimate of drug-likeness (QED) is 0.349. The van der Waals surface area contributed by atoms with Gasteiger partial charge in [-0.15, -0.1) is 0 Å². The predicted octanol–water partition coefficient (Wildman–Crippen LogP) is 0.559. The minimum atomic E-state index is -0.619. The van der Waals surface area contributed by atoms with E-state index in [1.165, 1.54) is 12.1 Å². The number of nitro benzene ring substituents is 1. The van der Waals surface area contributed by atoms with Crippen LogP contribution in [0.3, 0.4) is 0 Å². The number of benzene rings is 1. The summed E-state index contributed by atoms with van der Waals surface area (Å²) in [5, 5.41) is 10.2. The molecule has 0 aliphatic heterocycles. The van der Waals surface area contributed by atoms with Gasteiger partial charge in [0.2, 0.25) is 0 Å². The molecule has 0 amide bonds. The first-order valence-corrected chi connectivity index (χ1v) is 2.83. The van der Waals surface area contributed by atoms with Gasteiger partial charge >= 0.3 is 5.69 Å². The molecule has 0 saturated carbocycles. The molecule has 5 heteroatoms. The van der Waals surface area contributed by atoms with E-state index in [4.69, 9.17) is 11.5 Å². The fourth-order valence-electron chi connectivity index (χ4n) is 0.666. The molecule has 5 nitrogen and oxygen atoms in total. The Morgan fingerprint density at radius 2 is 2.18 bits per heavy atom. The Balaban J connectivity index is 3.27. The maximum absolute atomic E-state index is 10.2. The van der Waals surface area contributed by atoms with Crippen LogP contribution in [0.25, 0.3) is 0 Å². The lowest BCUT2D eigenvalue weighted by Crippen LogP contribution is -1.99. The molecule has 57 valence electrons. The highest BCUT2D eigenvalue weighted by molar-refractivity contribution is 5.73. The van der Waals surface area contributed by atoms with Crippen molar-refractivity contribution < 1.29 is 4.92 Å². The van der Waals surface area contributed by atoms with Crippen LogP contribution in [0.2, 0.25) is 0 Å². The molecule has 0 aliphatic rings. The summed E-state index contributed by atoms with van der Waals surface area (Å²) in [6.07, 6.45) is 0. The van der Waals surface area contributed by atoms with E-state index in [-0.39, 0.29) is 17.1 Å². The van der Waals surface area contributed by atoms with Gasteiger partial charge in [0.1, 0.15) is 5.69 Å². The van der Waals surface area contributed by atoms with E-state index in [1.54, 1.807) is 0 Å². The lowest BCUT2D eigenvalue weighted by atomic mass is 10.2. The first-order chi connectivity index (χ1) is 5.13. The van der Waals surface area contributed by atoms with Gasteiger partial charge in [-0.2, -0.15) is 0 Å². The maximum Gasteiger partial charge on any atom is 0.302 e. The molecule has 0 atom stereocenters. The lowest BCUT2D eigenvalue weighted by molar-refractivity contribution is -0.384. The van der Waals surface area contributed by atoms with Crippen molar-refractivity contribution in [1.82, 2.24) is 0 Å². The van der Waals surface area contributed by atoms with Crippen molar-refractivity contribution in [2.24, 2.45) is 0 Å². The summed E-state index contributed by atoms with van der Waals surface area (Å²) in [4.78, 5) is 9.59. The van der Waals surface area contributed by atoms with Gasteiger partial charge in [-0.3, -0.25) is 10.1 Å². The summed E-state index contributed by atoms with van der Waals surface area (Å²) < 4.78 is 0. The highest BCUT2D eigenvalue weighted by atomic mass is 16.6. The molecule has 0 aliphatic carbocycles. The van der Waals surface area contributed by atoms with Gasteiger partial charge in [-0.05, 0) is 12.1 Å². The number of nitrogens with zero attached hydrogens (tertiary/aromatic N) is 1.